The Labute approximate surface area is 232 Å². The van der Waals surface area contributed by atoms with E-state index in [2.05, 4.69) is 10.2 Å². The minimum Gasteiger partial charge on any atom is -0.482 e. The van der Waals surface area contributed by atoms with Crippen LogP contribution in [0.2, 0.25) is 0 Å². The van der Waals surface area contributed by atoms with Gasteiger partial charge in [-0.3, -0.25) is 9.59 Å². The molecule has 5 rings (SSSR count). The molecule has 0 spiro atoms. The number of amides is 2. The van der Waals surface area contributed by atoms with Crippen molar-refractivity contribution in [2.24, 2.45) is 22.0 Å². The molecular weight excluding hydrogens is 508 g/mol. The van der Waals surface area contributed by atoms with Crippen molar-refractivity contribution in [2.45, 2.75) is 26.7 Å². The molecule has 9 heteroatoms. The Kier molecular flexibility index (Phi) is 7.72. The molecule has 0 aromatic heterocycles. The SMILES string of the molecule is CCOC(=O)COc1cccc(C(C2C(=O)N(c3ccccc3)N=C2C)C2C(=O)N(c3ccccc3)N=C2C)c1. The molecule has 2 atom stereocenters. The monoisotopic (exact) mass is 538 g/mol. The predicted molar refractivity (Wildman–Crippen MR) is 152 cm³/mol. The third-order valence-electron chi connectivity index (χ3n) is 6.99. The third-order valence-corrected chi connectivity index (χ3v) is 6.99. The fourth-order valence-electron chi connectivity index (χ4n) is 5.23. The van der Waals surface area contributed by atoms with Gasteiger partial charge in [0, 0.05) is 17.3 Å². The van der Waals surface area contributed by atoms with Gasteiger partial charge in [0.2, 0.25) is 0 Å². The van der Waals surface area contributed by atoms with Crippen LogP contribution in [-0.4, -0.2) is 42.4 Å². The van der Waals surface area contributed by atoms with Crippen LogP contribution in [0, 0.1) is 11.8 Å². The minimum atomic E-state index is -0.727. The van der Waals surface area contributed by atoms with Crippen molar-refractivity contribution in [3.63, 3.8) is 0 Å². The van der Waals surface area contributed by atoms with Gasteiger partial charge in [-0.25, -0.2) is 14.8 Å². The summed E-state index contributed by atoms with van der Waals surface area (Å²) >= 11 is 0. The van der Waals surface area contributed by atoms with E-state index in [9.17, 15) is 14.4 Å². The number of nitrogens with zero attached hydrogens (tertiary/aromatic N) is 4. The number of carbonyl (C=O) groups is 3. The van der Waals surface area contributed by atoms with Crippen molar-refractivity contribution in [3.05, 3.63) is 90.5 Å². The Hall–Kier alpha value is -4.79. The van der Waals surface area contributed by atoms with Crippen LogP contribution in [0.4, 0.5) is 11.4 Å². The van der Waals surface area contributed by atoms with Gasteiger partial charge in [-0.2, -0.15) is 10.2 Å². The normalized spacial score (nSPS) is 19.4. The first-order chi connectivity index (χ1) is 19.4. The molecule has 2 unspecified atom stereocenters. The first-order valence-corrected chi connectivity index (χ1v) is 13.2. The first-order valence-electron chi connectivity index (χ1n) is 13.2. The molecule has 0 saturated carbocycles. The van der Waals surface area contributed by atoms with E-state index in [1.165, 1.54) is 10.0 Å². The van der Waals surface area contributed by atoms with Crippen LogP contribution in [0.3, 0.4) is 0 Å². The summed E-state index contributed by atoms with van der Waals surface area (Å²) in [6.07, 6.45) is 0. The van der Waals surface area contributed by atoms with Gasteiger partial charge in [0.25, 0.3) is 11.8 Å². The molecule has 0 fully saturated rings. The molecule has 0 N–H and O–H groups in total. The number of hydrogen-bond acceptors (Lipinski definition) is 7. The van der Waals surface area contributed by atoms with E-state index < -0.39 is 23.7 Å². The summed E-state index contributed by atoms with van der Waals surface area (Å²) in [6.45, 7) is 5.34. The molecule has 3 aromatic rings. The Morgan fingerprint density at radius 2 is 1.32 bits per heavy atom. The minimum absolute atomic E-state index is 0.231. The van der Waals surface area contributed by atoms with Crippen LogP contribution in [-0.2, 0) is 19.1 Å². The van der Waals surface area contributed by atoms with Crippen molar-refractivity contribution in [1.82, 2.24) is 0 Å². The Balaban J connectivity index is 1.54. The Bertz CT molecular complexity index is 1390. The van der Waals surface area contributed by atoms with E-state index in [0.717, 1.165) is 0 Å². The number of carbonyl (C=O) groups excluding carboxylic acids is 3. The lowest BCUT2D eigenvalue weighted by Crippen LogP contribution is -2.40. The van der Waals surface area contributed by atoms with Crippen LogP contribution in [0.5, 0.6) is 5.75 Å². The van der Waals surface area contributed by atoms with E-state index in [-0.39, 0.29) is 25.0 Å². The molecule has 204 valence electrons. The Morgan fingerprint density at radius 1 is 0.800 bits per heavy atom. The number of rotatable bonds is 9. The summed E-state index contributed by atoms with van der Waals surface area (Å²) in [5.41, 5.74) is 3.18. The van der Waals surface area contributed by atoms with Crippen molar-refractivity contribution >= 4 is 40.6 Å². The largest absolute Gasteiger partial charge is 0.482 e. The topological polar surface area (TPSA) is 101 Å². The second-order valence-electron chi connectivity index (χ2n) is 9.60. The second-order valence-corrected chi connectivity index (χ2v) is 9.60. The highest BCUT2D eigenvalue weighted by molar-refractivity contribution is 6.19. The van der Waals surface area contributed by atoms with Crippen molar-refractivity contribution in [1.29, 1.82) is 0 Å². The summed E-state index contributed by atoms with van der Waals surface area (Å²) in [7, 11) is 0. The van der Waals surface area contributed by atoms with Gasteiger partial charge in [-0.15, -0.1) is 0 Å². The Morgan fingerprint density at radius 3 is 1.82 bits per heavy atom. The van der Waals surface area contributed by atoms with E-state index in [1.807, 2.05) is 66.7 Å². The first kappa shape index (κ1) is 26.8. The molecular formula is C31H30N4O5. The van der Waals surface area contributed by atoms with Gasteiger partial charge in [0.15, 0.2) is 6.61 Å². The summed E-state index contributed by atoms with van der Waals surface area (Å²) < 4.78 is 10.7. The highest BCUT2D eigenvalue weighted by atomic mass is 16.6. The van der Waals surface area contributed by atoms with Crippen molar-refractivity contribution in [3.8, 4) is 5.75 Å². The summed E-state index contributed by atoms with van der Waals surface area (Å²) in [6, 6.07) is 25.5. The summed E-state index contributed by atoms with van der Waals surface area (Å²) in [5.74, 6) is -2.60. The van der Waals surface area contributed by atoms with Crippen molar-refractivity contribution < 1.29 is 23.9 Å². The highest BCUT2D eigenvalue weighted by Gasteiger charge is 2.50. The van der Waals surface area contributed by atoms with Gasteiger partial charge in [0.05, 0.1) is 29.8 Å². The van der Waals surface area contributed by atoms with Crippen LogP contribution in [0.1, 0.15) is 32.3 Å². The predicted octanol–water partition coefficient (Wildman–Crippen LogP) is 4.79. The van der Waals surface area contributed by atoms with Gasteiger partial charge >= 0.3 is 5.97 Å². The molecule has 0 aliphatic carbocycles. The molecule has 0 bridgehead atoms. The average Bonchev–Trinajstić information content (AvgIpc) is 3.43. The molecule has 2 heterocycles. The molecule has 2 amide bonds. The second kappa shape index (κ2) is 11.5. The standard InChI is InChI=1S/C31H30N4O5/c1-4-39-26(36)19-40-25-17-11-12-22(18-25)29(27-20(2)32-34(30(27)37)23-13-7-5-8-14-23)28-21(3)33-35(31(28)38)24-15-9-6-10-16-24/h5-18,27-29H,4,19H2,1-3H3. The number of ether oxygens (including phenoxy) is 2. The third kappa shape index (κ3) is 5.22. The molecule has 2 aliphatic rings. The molecule has 0 radical (unpaired) electrons. The number of para-hydroxylation sites is 2. The lowest BCUT2D eigenvalue weighted by atomic mass is 9.73. The zero-order valence-electron chi connectivity index (χ0n) is 22.6. The summed E-state index contributed by atoms with van der Waals surface area (Å²) in [5, 5.41) is 12.0. The zero-order chi connectivity index (χ0) is 28.2. The van der Waals surface area contributed by atoms with Crippen LogP contribution in [0.15, 0.2) is 95.1 Å². The van der Waals surface area contributed by atoms with Crippen LogP contribution >= 0.6 is 0 Å². The van der Waals surface area contributed by atoms with Gasteiger partial charge in [-0.1, -0.05) is 48.5 Å². The van der Waals surface area contributed by atoms with E-state index in [1.54, 1.807) is 39.0 Å². The molecule has 3 aromatic carbocycles. The van der Waals surface area contributed by atoms with Crippen LogP contribution in [0.25, 0.3) is 0 Å². The number of benzene rings is 3. The molecule has 9 nitrogen and oxygen atoms in total. The van der Waals surface area contributed by atoms with E-state index in [0.29, 0.717) is 34.1 Å². The lowest BCUT2D eigenvalue weighted by molar-refractivity contribution is -0.145. The van der Waals surface area contributed by atoms with E-state index >= 15 is 0 Å². The smallest absolute Gasteiger partial charge is 0.344 e. The van der Waals surface area contributed by atoms with E-state index in [4.69, 9.17) is 9.47 Å². The number of esters is 1. The van der Waals surface area contributed by atoms with Crippen molar-refractivity contribution in [2.75, 3.05) is 23.2 Å². The quantitative estimate of drug-likeness (QED) is 0.365. The van der Waals surface area contributed by atoms with Gasteiger partial charge in [-0.05, 0) is 62.7 Å². The van der Waals surface area contributed by atoms with Crippen LogP contribution < -0.4 is 14.8 Å². The number of hydrogen-bond donors (Lipinski definition) is 0. The number of hydrazone groups is 2. The molecule has 2 aliphatic heterocycles. The van der Waals surface area contributed by atoms with Gasteiger partial charge < -0.3 is 9.47 Å². The molecule has 40 heavy (non-hydrogen) atoms. The van der Waals surface area contributed by atoms with Gasteiger partial charge in [0.1, 0.15) is 5.75 Å². The fourth-order valence-corrected chi connectivity index (χ4v) is 5.23. The summed E-state index contributed by atoms with van der Waals surface area (Å²) in [4.78, 5) is 39.8. The fraction of sp³-hybridized carbons (Fsp3) is 0.258. The highest BCUT2D eigenvalue weighted by Crippen LogP contribution is 2.43. The number of anilines is 2. The maximum atomic E-state index is 14.0. The maximum Gasteiger partial charge on any atom is 0.344 e. The maximum absolute atomic E-state index is 14.0. The average molecular weight is 539 g/mol. The lowest BCUT2D eigenvalue weighted by Gasteiger charge is -2.29. The zero-order valence-corrected chi connectivity index (χ0v) is 22.6. The molecule has 0 saturated heterocycles.